The van der Waals surface area contributed by atoms with E-state index >= 15 is 0 Å². The van der Waals surface area contributed by atoms with Crippen LogP contribution >= 0.6 is 0 Å². The number of imidazole rings is 1. The maximum atomic E-state index is 13.3. The number of ether oxygens (including phenoxy) is 1. The molecule has 0 aliphatic carbocycles. The first-order valence-corrected chi connectivity index (χ1v) is 10.9. The molecule has 151 valence electrons. The van der Waals surface area contributed by atoms with Crippen molar-refractivity contribution in [1.29, 1.82) is 0 Å². The van der Waals surface area contributed by atoms with E-state index in [2.05, 4.69) is 4.98 Å². The number of aromatic nitrogens is 2. The lowest BCUT2D eigenvalue weighted by atomic mass is 9.82. The summed E-state index contributed by atoms with van der Waals surface area (Å²) in [4.78, 5) is 5.06. The van der Waals surface area contributed by atoms with Gasteiger partial charge in [-0.25, -0.2) is 13.4 Å². The normalized spacial score (nSPS) is 15.4. The minimum atomic E-state index is -3.66. The van der Waals surface area contributed by atoms with E-state index in [0.29, 0.717) is 22.2 Å². The maximum Gasteiger partial charge on any atom is 0.330 e. The van der Waals surface area contributed by atoms with E-state index in [1.807, 2.05) is 51.3 Å². The minimum Gasteiger partial charge on any atom is -0.427 e. The second-order valence-electron chi connectivity index (χ2n) is 8.31. The van der Waals surface area contributed by atoms with Crippen LogP contribution in [0.4, 0.5) is 0 Å². The molecular formula is C21H24BN2O4S. The fourth-order valence-electron chi connectivity index (χ4n) is 3.45. The Kier molecular flexibility index (Phi) is 4.46. The van der Waals surface area contributed by atoms with Gasteiger partial charge in [0.05, 0.1) is 37.7 Å². The van der Waals surface area contributed by atoms with Crippen LogP contribution < -0.4 is 5.46 Å². The van der Waals surface area contributed by atoms with E-state index in [0.717, 1.165) is 5.82 Å². The summed E-state index contributed by atoms with van der Waals surface area (Å²) in [6.07, 6.45) is 0. The molecule has 1 aromatic heterocycles. The zero-order valence-corrected chi connectivity index (χ0v) is 18.3. The van der Waals surface area contributed by atoms with E-state index in [4.69, 9.17) is 9.39 Å². The lowest BCUT2D eigenvalue weighted by Gasteiger charge is -2.40. The Labute approximate surface area is 172 Å². The Morgan fingerprint density at radius 1 is 1.03 bits per heavy atom. The molecular weight excluding hydrogens is 387 g/mol. The highest BCUT2D eigenvalue weighted by atomic mass is 32.2. The van der Waals surface area contributed by atoms with Crippen LogP contribution in [-0.4, -0.2) is 43.8 Å². The van der Waals surface area contributed by atoms with E-state index in [1.54, 1.807) is 38.9 Å². The number of hydrogen-bond donors (Lipinski definition) is 0. The molecule has 6 nitrogen and oxygen atoms in total. The van der Waals surface area contributed by atoms with Crippen molar-refractivity contribution in [3.8, 4) is 5.69 Å². The van der Waals surface area contributed by atoms with E-state index in [1.165, 1.54) is 0 Å². The zero-order valence-electron chi connectivity index (χ0n) is 17.5. The molecule has 1 aliphatic heterocycles. The Hall–Kier alpha value is -2.16. The fraction of sp³-hybridized carbons (Fsp3) is 0.381. The Balaban J connectivity index is 1.79. The lowest BCUT2D eigenvalue weighted by Crippen LogP contribution is -2.50. The highest BCUT2D eigenvalue weighted by molar-refractivity contribution is 7.92. The Bertz CT molecular complexity index is 1230. The van der Waals surface area contributed by atoms with Gasteiger partial charge in [0.15, 0.2) is 0 Å². The van der Waals surface area contributed by atoms with Crippen molar-refractivity contribution in [1.82, 2.24) is 9.55 Å². The molecule has 2 heterocycles. The number of benzene rings is 2. The largest absolute Gasteiger partial charge is 0.427 e. The Morgan fingerprint density at radius 3 is 2.45 bits per heavy atom. The molecule has 1 aliphatic rings. The van der Waals surface area contributed by atoms with Crippen LogP contribution in [0.5, 0.6) is 0 Å². The summed E-state index contributed by atoms with van der Waals surface area (Å²) in [6, 6.07) is 10.5. The van der Waals surface area contributed by atoms with Crippen molar-refractivity contribution < 1.29 is 17.8 Å². The van der Waals surface area contributed by atoms with Crippen LogP contribution in [0.3, 0.4) is 0 Å². The van der Waals surface area contributed by atoms with Crippen LogP contribution in [0, 0.1) is 6.92 Å². The standard InChI is InChI=1S/C21H24BN2O4S/c1-13-23-15-8-7-9-17-19(15)24(13)16-11-10-14(12-18(16)29(17,25)26)22-28-21(4,5)20(2,3)27-6/h7-12H,1-6H3. The lowest BCUT2D eigenvalue weighted by molar-refractivity contribution is -0.114. The first-order chi connectivity index (χ1) is 13.5. The molecule has 0 saturated heterocycles. The average Bonchev–Trinajstić information content (AvgIpc) is 3.01. The number of para-hydroxylation sites is 1. The van der Waals surface area contributed by atoms with Crippen molar-refractivity contribution in [2.45, 2.75) is 55.6 Å². The highest BCUT2D eigenvalue weighted by Crippen LogP contribution is 2.38. The zero-order chi connectivity index (χ0) is 21.2. The molecule has 0 bridgehead atoms. The molecule has 0 amide bonds. The van der Waals surface area contributed by atoms with Crippen molar-refractivity contribution in [2.24, 2.45) is 0 Å². The van der Waals surface area contributed by atoms with E-state index < -0.39 is 21.0 Å². The minimum absolute atomic E-state index is 0.250. The molecule has 1 radical (unpaired) electrons. The van der Waals surface area contributed by atoms with E-state index in [9.17, 15) is 8.42 Å². The van der Waals surface area contributed by atoms with Gasteiger partial charge in [0.25, 0.3) is 0 Å². The first kappa shape index (κ1) is 20.1. The molecule has 29 heavy (non-hydrogen) atoms. The molecule has 0 fully saturated rings. The summed E-state index contributed by atoms with van der Waals surface area (Å²) in [5.74, 6) is 0.750. The summed E-state index contributed by atoms with van der Waals surface area (Å²) >= 11 is 0. The monoisotopic (exact) mass is 411 g/mol. The van der Waals surface area contributed by atoms with Gasteiger partial charge in [-0.3, -0.25) is 4.57 Å². The van der Waals surface area contributed by atoms with Crippen LogP contribution in [0.2, 0.25) is 0 Å². The maximum absolute atomic E-state index is 13.3. The molecule has 0 spiro atoms. The molecule has 3 aromatic rings. The van der Waals surface area contributed by atoms with Crippen molar-refractivity contribution in [2.75, 3.05) is 7.11 Å². The number of fused-ring (bicyclic) bond motifs is 2. The summed E-state index contributed by atoms with van der Waals surface area (Å²) < 4.78 is 40.1. The second-order valence-corrected chi connectivity index (χ2v) is 10.2. The smallest absolute Gasteiger partial charge is 0.330 e. The molecule has 0 unspecified atom stereocenters. The number of hydrogen-bond acceptors (Lipinski definition) is 5. The molecule has 0 N–H and O–H groups in total. The van der Waals surface area contributed by atoms with Gasteiger partial charge < -0.3 is 9.39 Å². The summed E-state index contributed by atoms with van der Waals surface area (Å²) in [5, 5.41) is 0. The van der Waals surface area contributed by atoms with Crippen LogP contribution in [0.1, 0.15) is 33.5 Å². The SMILES string of the molecule is COC(C)(C)C(C)(C)O[B]c1ccc2c(c1)S(=O)(=O)c1cccc3nc(C)n-2c13. The first-order valence-electron chi connectivity index (χ1n) is 9.43. The topological polar surface area (TPSA) is 70.4 Å². The average molecular weight is 411 g/mol. The summed E-state index contributed by atoms with van der Waals surface area (Å²) in [6.45, 7) is 9.64. The van der Waals surface area contributed by atoms with Gasteiger partial charge in [-0.2, -0.15) is 0 Å². The van der Waals surface area contributed by atoms with Gasteiger partial charge in [-0.1, -0.05) is 17.6 Å². The quantitative estimate of drug-likeness (QED) is 0.473. The number of methoxy groups -OCH3 is 1. The van der Waals surface area contributed by atoms with Gasteiger partial charge in [0.1, 0.15) is 5.82 Å². The second kappa shape index (κ2) is 6.42. The highest BCUT2D eigenvalue weighted by Gasteiger charge is 2.38. The van der Waals surface area contributed by atoms with Crippen molar-refractivity contribution >= 4 is 33.8 Å². The number of sulfone groups is 1. The van der Waals surface area contributed by atoms with Crippen LogP contribution in [0.25, 0.3) is 16.7 Å². The molecule has 2 aromatic carbocycles. The van der Waals surface area contributed by atoms with E-state index in [-0.39, 0.29) is 9.79 Å². The van der Waals surface area contributed by atoms with Crippen molar-refractivity contribution in [3.05, 3.63) is 42.2 Å². The third-order valence-corrected chi connectivity index (χ3v) is 7.88. The summed E-state index contributed by atoms with van der Waals surface area (Å²) in [7, 11) is -0.433. The predicted molar refractivity (Wildman–Crippen MR) is 113 cm³/mol. The number of nitrogens with zero attached hydrogens (tertiary/aromatic N) is 2. The molecule has 4 rings (SSSR count). The molecule has 8 heteroatoms. The van der Waals surface area contributed by atoms with Crippen LogP contribution in [-0.2, 0) is 19.2 Å². The Morgan fingerprint density at radius 2 is 1.76 bits per heavy atom. The van der Waals surface area contributed by atoms with Crippen molar-refractivity contribution in [3.63, 3.8) is 0 Å². The third-order valence-electron chi connectivity index (χ3n) is 6.06. The number of rotatable bonds is 5. The van der Waals surface area contributed by atoms with Gasteiger partial charge in [-0.05, 0) is 58.9 Å². The fourth-order valence-corrected chi connectivity index (χ4v) is 5.12. The molecule has 0 saturated carbocycles. The number of aryl methyl sites for hydroxylation is 1. The predicted octanol–water partition coefficient (Wildman–Crippen LogP) is 2.94. The molecule has 0 atom stereocenters. The van der Waals surface area contributed by atoms with Gasteiger partial charge >= 0.3 is 7.48 Å². The van der Waals surface area contributed by atoms with Gasteiger partial charge in [-0.15, -0.1) is 0 Å². The van der Waals surface area contributed by atoms with Crippen LogP contribution in [0.15, 0.2) is 46.2 Å². The van der Waals surface area contributed by atoms with Gasteiger partial charge in [0.2, 0.25) is 9.84 Å². The third kappa shape index (κ3) is 2.93. The summed E-state index contributed by atoms with van der Waals surface area (Å²) in [5.41, 5.74) is 1.45. The van der Waals surface area contributed by atoms with Gasteiger partial charge in [0, 0.05) is 7.11 Å².